The average Bonchev–Trinajstić information content (AvgIpc) is 2.31. The molecule has 0 aromatic carbocycles. The van der Waals surface area contributed by atoms with E-state index in [1.807, 2.05) is 0 Å². The van der Waals surface area contributed by atoms with Crippen LogP contribution in [0.4, 0.5) is 0 Å². The Morgan fingerprint density at radius 1 is 1.00 bits per heavy atom. The molecule has 0 N–H and O–H groups in total. The predicted octanol–water partition coefficient (Wildman–Crippen LogP) is 4.82. The Hall–Kier alpha value is -0.0400. The van der Waals surface area contributed by atoms with Crippen LogP contribution in [-0.2, 0) is 0 Å². The molecule has 0 aliphatic heterocycles. The lowest BCUT2D eigenvalue weighted by molar-refractivity contribution is 0.234. The van der Waals surface area contributed by atoms with Crippen molar-refractivity contribution in [3.63, 3.8) is 0 Å². The van der Waals surface area contributed by atoms with Gasteiger partial charge in [-0.3, -0.25) is 0 Å². The third-order valence-electron chi connectivity index (χ3n) is 4.22. The highest BCUT2D eigenvalue weighted by Crippen LogP contribution is 2.17. The van der Waals surface area contributed by atoms with E-state index in [1.165, 1.54) is 45.2 Å². The van der Waals surface area contributed by atoms with Gasteiger partial charge in [0, 0.05) is 6.54 Å². The van der Waals surface area contributed by atoms with Crippen LogP contribution in [0, 0.1) is 17.8 Å². The number of unbranched alkanes of at least 4 members (excludes halogenated alkanes) is 1. The highest BCUT2D eigenvalue weighted by Gasteiger charge is 2.12. The van der Waals surface area contributed by atoms with Gasteiger partial charge < -0.3 is 4.90 Å². The van der Waals surface area contributed by atoms with E-state index in [9.17, 15) is 0 Å². The Morgan fingerprint density at radius 2 is 1.65 bits per heavy atom. The molecule has 2 unspecified atom stereocenters. The van der Waals surface area contributed by atoms with Crippen molar-refractivity contribution in [3.05, 3.63) is 0 Å². The zero-order chi connectivity index (χ0) is 13.3. The summed E-state index contributed by atoms with van der Waals surface area (Å²) in [6.45, 7) is 14.2. The highest BCUT2D eigenvalue weighted by molar-refractivity contribution is 4.65. The molecule has 1 nitrogen and oxygen atoms in total. The summed E-state index contributed by atoms with van der Waals surface area (Å²) in [5.74, 6) is 2.59. The van der Waals surface area contributed by atoms with Crippen LogP contribution < -0.4 is 0 Å². The maximum absolute atomic E-state index is 2.54. The summed E-state index contributed by atoms with van der Waals surface area (Å²) in [6, 6.07) is 0. The smallest absolute Gasteiger partial charge is 0.000651 e. The summed E-state index contributed by atoms with van der Waals surface area (Å²) in [4.78, 5) is 2.54. The van der Waals surface area contributed by atoms with Crippen molar-refractivity contribution < 1.29 is 0 Å². The van der Waals surface area contributed by atoms with Crippen LogP contribution in [0.5, 0.6) is 0 Å². The lowest BCUT2D eigenvalue weighted by Crippen LogP contribution is -2.28. The number of hydrogen-bond donors (Lipinski definition) is 0. The quantitative estimate of drug-likeness (QED) is 0.530. The lowest BCUT2D eigenvalue weighted by Gasteiger charge is -2.25. The molecule has 2 atom stereocenters. The van der Waals surface area contributed by atoms with Gasteiger partial charge in [-0.25, -0.2) is 0 Å². The molecule has 0 spiro atoms. The molecule has 0 amide bonds. The molecule has 0 aromatic heterocycles. The molecule has 0 aliphatic carbocycles. The summed E-state index contributed by atoms with van der Waals surface area (Å²) in [6.07, 6.45) is 6.83. The van der Waals surface area contributed by atoms with Gasteiger partial charge in [-0.2, -0.15) is 0 Å². The molecule has 0 rings (SSSR count). The van der Waals surface area contributed by atoms with E-state index in [4.69, 9.17) is 0 Å². The van der Waals surface area contributed by atoms with Gasteiger partial charge in [0.1, 0.15) is 0 Å². The fourth-order valence-electron chi connectivity index (χ4n) is 2.21. The highest BCUT2D eigenvalue weighted by atomic mass is 15.1. The zero-order valence-corrected chi connectivity index (χ0v) is 13.1. The van der Waals surface area contributed by atoms with Gasteiger partial charge in [-0.05, 0) is 44.2 Å². The van der Waals surface area contributed by atoms with Crippen molar-refractivity contribution in [2.45, 2.75) is 66.7 Å². The molecule has 0 radical (unpaired) electrons. The molecule has 0 fully saturated rings. The first-order chi connectivity index (χ1) is 8.01. The molecule has 17 heavy (non-hydrogen) atoms. The first kappa shape index (κ1) is 17.0. The largest absolute Gasteiger partial charge is 0.306 e. The SMILES string of the molecule is CCCCC(CC)CN(C)CCC(C)C(C)C. The van der Waals surface area contributed by atoms with E-state index in [0.29, 0.717) is 0 Å². The molecule has 0 aromatic rings. The number of rotatable bonds is 10. The first-order valence-corrected chi connectivity index (χ1v) is 7.69. The van der Waals surface area contributed by atoms with Gasteiger partial charge in [0.15, 0.2) is 0 Å². The molecular formula is C16H35N. The van der Waals surface area contributed by atoms with E-state index in [2.05, 4.69) is 46.6 Å². The minimum absolute atomic E-state index is 0.825. The molecule has 0 heterocycles. The maximum atomic E-state index is 2.54. The van der Waals surface area contributed by atoms with Crippen LogP contribution in [-0.4, -0.2) is 25.0 Å². The minimum atomic E-state index is 0.825. The zero-order valence-electron chi connectivity index (χ0n) is 13.1. The Morgan fingerprint density at radius 3 is 2.12 bits per heavy atom. The van der Waals surface area contributed by atoms with Gasteiger partial charge in [0.05, 0.1) is 0 Å². The lowest BCUT2D eigenvalue weighted by atomic mass is 9.94. The summed E-state index contributed by atoms with van der Waals surface area (Å²) >= 11 is 0. The third kappa shape index (κ3) is 8.65. The average molecular weight is 241 g/mol. The van der Waals surface area contributed by atoms with Crippen molar-refractivity contribution >= 4 is 0 Å². The first-order valence-electron chi connectivity index (χ1n) is 7.69. The van der Waals surface area contributed by atoms with Crippen molar-refractivity contribution in [1.29, 1.82) is 0 Å². The second-order valence-corrected chi connectivity index (χ2v) is 6.19. The summed E-state index contributed by atoms with van der Waals surface area (Å²) in [7, 11) is 2.29. The Kier molecular flexibility index (Phi) is 9.91. The Labute approximate surface area is 110 Å². The fourth-order valence-corrected chi connectivity index (χ4v) is 2.21. The molecule has 1 heteroatoms. The topological polar surface area (TPSA) is 3.24 Å². The van der Waals surface area contributed by atoms with Crippen LogP contribution in [0.15, 0.2) is 0 Å². The van der Waals surface area contributed by atoms with Crippen LogP contribution in [0.3, 0.4) is 0 Å². The van der Waals surface area contributed by atoms with Crippen molar-refractivity contribution in [2.24, 2.45) is 17.8 Å². The second kappa shape index (κ2) is 9.94. The normalized spacial score (nSPS) is 15.5. The Balaban J connectivity index is 3.78. The molecule has 0 saturated carbocycles. The summed E-state index contributed by atoms with van der Waals surface area (Å²) < 4.78 is 0. The standard InChI is InChI=1S/C16H35N/c1-7-9-10-16(8-2)13-17(6)12-11-15(5)14(3)4/h14-16H,7-13H2,1-6H3. The minimum Gasteiger partial charge on any atom is -0.306 e. The number of nitrogens with zero attached hydrogens (tertiary/aromatic N) is 1. The third-order valence-corrected chi connectivity index (χ3v) is 4.22. The number of hydrogen-bond acceptors (Lipinski definition) is 1. The van der Waals surface area contributed by atoms with Crippen LogP contribution >= 0.6 is 0 Å². The van der Waals surface area contributed by atoms with Gasteiger partial charge in [-0.15, -0.1) is 0 Å². The molecule has 0 bridgehead atoms. The Bertz CT molecular complexity index is 165. The van der Waals surface area contributed by atoms with E-state index >= 15 is 0 Å². The molecule has 0 saturated heterocycles. The van der Waals surface area contributed by atoms with Crippen molar-refractivity contribution in [3.8, 4) is 0 Å². The van der Waals surface area contributed by atoms with Crippen LogP contribution in [0.25, 0.3) is 0 Å². The maximum Gasteiger partial charge on any atom is 0.000651 e. The van der Waals surface area contributed by atoms with E-state index in [0.717, 1.165) is 17.8 Å². The van der Waals surface area contributed by atoms with Crippen LogP contribution in [0.1, 0.15) is 66.7 Å². The van der Waals surface area contributed by atoms with Gasteiger partial charge >= 0.3 is 0 Å². The molecule has 104 valence electrons. The van der Waals surface area contributed by atoms with Crippen molar-refractivity contribution in [1.82, 2.24) is 4.90 Å². The van der Waals surface area contributed by atoms with E-state index in [1.54, 1.807) is 0 Å². The summed E-state index contributed by atoms with van der Waals surface area (Å²) in [5, 5.41) is 0. The van der Waals surface area contributed by atoms with Gasteiger partial charge in [-0.1, -0.05) is 53.9 Å². The molecule has 0 aliphatic rings. The predicted molar refractivity (Wildman–Crippen MR) is 79.4 cm³/mol. The van der Waals surface area contributed by atoms with Crippen LogP contribution in [0.2, 0.25) is 0 Å². The van der Waals surface area contributed by atoms with Gasteiger partial charge in [0.25, 0.3) is 0 Å². The molecular weight excluding hydrogens is 206 g/mol. The monoisotopic (exact) mass is 241 g/mol. The van der Waals surface area contributed by atoms with E-state index < -0.39 is 0 Å². The summed E-state index contributed by atoms with van der Waals surface area (Å²) in [5.41, 5.74) is 0. The van der Waals surface area contributed by atoms with Crippen molar-refractivity contribution in [2.75, 3.05) is 20.1 Å². The van der Waals surface area contributed by atoms with Gasteiger partial charge in [0.2, 0.25) is 0 Å². The fraction of sp³-hybridized carbons (Fsp3) is 1.00. The second-order valence-electron chi connectivity index (χ2n) is 6.19. The van der Waals surface area contributed by atoms with E-state index in [-0.39, 0.29) is 0 Å².